The summed E-state index contributed by atoms with van der Waals surface area (Å²) in [5.41, 5.74) is 1.16. The molecule has 2 unspecified atom stereocenters. The molecule has 0 saturated heterocycles. The minimum atomic E-state index is 0.0115. The fourth-order valence-electron chi connectivity index (χ4n) is 2.56. The lowest BCUT2D eigenvalue weighted by Crippen LogP contribution is -2.40. The molecule has 0 amide bonds. The Hall–Kier alpha value is -0.850. The van der Waals surface area contributed by atoms with Crippen LogP contribution >= 0.6 is 0 Å². The fourth-order valence-corrected chi connectivity index (χ4v) is 2.56. The van der Waals surface area contributed by atoms with Gasteiger partial charge in [-0.2, -0.15) is 0 Å². The van der Waals surface area contributed by atoms with E-state index in [-0.39, 0.29) is 17.1 Å². The maximum absolute atomic E-state index is 12.0. The third kappa shape index (κ3) is 2.22. The Bertz CT molecular complexity index is 296. The van der Waals surface area contributed by atoms with Crippen LogP contribution in [0.1, 0.15) is 40.5 Å². The fraction of sp³-hybridized carbons (Fsp3) is 0.643. The molecule has 0 spiro atoms. The van der Waals surface area contributed by atoms with Crippen LogP contribution in [-0.4, -0.2) is 5.78 Å². The van der Waals surface area contributed by atoms with Crippen LogP contribution in [0.2, 0.25) is 0 Å². The van der Waals surface area contributed by atoms with Crippen molar-refractivity contribution in [3.63, 3.8) is 0 Å². The van der Waals surface area contributed by atoms with Crippen LogP contribution in [0.4, 0.5) is 0 Å². The van der Waals surface area contributed by atoms with Gasteiger partial charge in [0.1, 0.15) is 0 Å². The Balaban J connectivity index is 3.00. The van der Waals surface area contributed by atoms with Gasteiger partial charge in [0.2, 0.25) is 0 Å². The first-order valence-electron chi connectivity index (χ1n) is 5.75. The minimum absolute atomic E-state index is 0.0115. The molecule has 1 heteroatoms. The molecule has 0 radical (unpaired) electrons. The van der Waals surface area contributed by atoms with Crippen LogP contribution in [0.3, 0.4) is 0 Å². The van der Waals surface area contributed by atoms with E-state index in [0.717, 1.165) is 18.4 Å². The highest BCUT2D eigenvalue weighted by Gasteiger charge is 2.42. The smallest absolute Gasteiger partial charge is 0.162 e. The number of allylic oxidation sites excluding steroid dienone is 3. The van der Waals surface area contributed by atoms with Gasteiger partial charge < -0.3 is 0 Å². The van der Waals surface area contributed by atoms with Gasteiger partial charge in [-0.1, -0.05) is 39.0 Å². The summed E-state index contributed by atoms with van der Waals surface area (Å²) < 4.78 is 0. The first kappa shape index (κ1) is 12.2. The molecule has 0 heterocycles. The number of carbonyl (C=O) groups is 1. The third-order valence-electron chi connectivity index (χ3n) is 3.94. The van der Waals surface area contributed by atoms with Gasteiger partial charge in [0.05, 0.1) is 0 Å². The summed E-state index contributed by atoms with van der Waals surface area (Å²) in [4.78, 5) is 12.0. The largest absolute Gasteiger partial charge is 0.294 e. The van der Waals surface area contributed by atoms with Gasteiger partial charge in [0.15, 0.2) is 5.78 Å². The molecule has 0 aromatic heterocycles. The van der Waals surface area contributed by atoms with Crippen LogP contribution in [0.5, 0.6) is 0 Å². The number of carbonyl (C=O) groups excluding carboxylic acids is 1. The molecule has 84 valence electrons. The molecule has 1 saturated carbocycles. The quantitative estimate of drug-likeness (QED) is 0.496. The molecule has 1 rings (SSSR count). The standard InChI is InChI=1S/C14H22O/c1-6-7-12(15)13-10(2)8-9-11(3)14(13,4)5/h6-7,11,13H,2,8-9H2,1,3-5H3/b7-6+. The maximum atomic E-state index is 12.0. The van der Waals surface area contributed by atoms with Gasteiger partial charge in [0, 0.05) is 5.92 Å². The van der Waals surface area contributed by atoms with Crippen LogP contribution < -0.4 is 0 Å². The van der Waals surface area contributed by atoms with E-state index in [9.17, 15) is 4.79 Å². The third-order valence-corrected chi connectivity index (χ3v) is 3.94. The SMILES string of the molecule is C=C1CCC(C)C(C)(C)C1C(=O)/C=C/C. The van der Waals surface area contributed by atoms with E-state index in [1.54, 1.807) is 6.08 Å². The van der Waals surface area contributed by atoms with Crippen molar-refractivity contribution < 1.29 is 4.79 Å². The predicted molar refractivity (Wildman–Crippen MR) is 64.6 cm³/mol. The second-order valence-corrected chi connectivity index (χ2v) is 5.25. The molecule has 0 bridgehead atoms. The number of hydrogen-bond donors (Lipinski definition) is 0. The maximum Gasteiger partial charge on any atom is 0.162 e. The van der Waals surface area contributed by atoms with Crippen molar-refractivity contribution in [2.24, 2.45) is 17.3 Å². The van der Waals surface area contributed by atoms with E-state index in [4.69, 9.17) is 0 Å². The second kappa shape index (κ2) is 4.34. The topological polar surface area (TPSA) is 17.1 Å². The van der Waals surface area contributed by atoms with E-state index >= 15 is 0 Å². The zero-order chi connectivity index (χ0) is 11.6. The Morgan fingerprint density at radius 2 is 2.13 bits per heavy atom. The second-order valence-electron chi connectivity index (χ2n) is 5.25. The van der Waals surface area contributed by atoms with Crippen molar-refractivity contribution in [3.05, 3.63) is 24.3 Å². The Labute approximate surface area is 93.3 Å². The normalized spacial score (nSPS) is 30.8. The molecule has 1 fully saturated rings. The Morgan fingerprint density at radius 3 is 2.67 bits per heavy atom. The summed E-state index contributed by atoms with van der Waals surface area (Å²) >= 11 is 0. The first-order chi connectivity index (χ1) is 6.91. The van der Waals surface area contributed by atoms with Gasteiger partial charge in [-0.15, -0.1) is 0 Å². The van der Waals surface area contributed by atoms with Crippen molar-refractivity contribution in [2.75, 3.05) is 0 Å². The van der Waals surface area contributed by atoms with Crippen LogP contribution in [0, 0.1) is 17.3 Å². The molecule has 2 atom stereocenters. The van der Waals surface area contributed by atoms with Crippen LogP contribution in [0.15, 0.2) is 24.3 Å². The lowest BCUT2D eigenvalue weighted by molar-refractivity contribution is -0.122. The molecule has 0 N–H and O–H groups in total. The summed E-state index contributed by atoms with van der Waals surface area (Å²) in [6.45, 7) is 12.6. The Kier molecular flexibility index (Phi) is 3.54. The zero-order valence-electron chi connectivity index (χ0n) is 10.3. The number of rotatable bonds is 2. The van der Waals surface area contributed by atoms with Crippen molar-refractivity contribution in [2.45, 2.75) is 40.5 Å². The van der Waals surface area contributed by atoms with Gasteiger partial charge in [0.25, 0.3) is 0 Å². The molecular weight excluding hydrogens is 184 g/mol. The average molecular weight is 206 g/mol. The van der Waals surface area contributed by atoms with Gasteiger partial charge in [-0.3, -0.25) is 4.79 Å². The highest BCUT2D eigenvalue weighted by atomic mass is 16.1. The zero-order valence-corrected chi connectivity index (χ0v) is 10.3. The highest BCUT2D eigenvalue weighted by Crippen LogP contribution is 2.47. The summed E-state index contributed by atoms with van der Waals surface area (Å²) in [5.74, 6) is 0.818. The minimum Gasteiger partial charge on any atom is -0.294 e. The summed E-state index contributed by atoms with van der Waals surface area (Å²) in [7, 11) is 0. The van der Waals surface area contributed by atoms with Gasteiger partial charge >= 0.3 is 0 Å². The summed E-state index contributed by atoms with van der Waals surface area (Å²) in [6.07, 6.45) is 5.67. The molecule has 0 aromatic rings. The van der Waals surface area contributed by atoms with Gasteiger partial charge in [-0.25, -0.2) is 0 Å². The van der Waals surface area contributed by atoms with E-state index < -0.39 is 0 Å². The monoisotopic (exact) mass is 206 g/mol. The lowest BCUT2D eigenvalue weighted by atomic mass is 9.60. The molecule has 1 aliphatic rings. The van der Waals surface area contributed by atoms with Crippen molar-refractivity contribution in [1.29, 1.82) is 0 Å². The first-order valence-corrected chi connectivity index (χ1v) is 5.75. The summed E-state index contributed by atoms with van der Waals surface area (Å²) in [6, 6.07) is 0. The van der Waals surface area contributed by atoms with Crippen molar-refractivity contribution in [3.8, 4) is 0 Å². The molecule has 0 aliphatic heterocycles. The number of hydrogen-bond acceptors (Lipinski definition) is 1. The number of ketones is 1. The van der Waals surface area contributed by atoms with E-state index in [0.29, 0.717) is 5.92 Å². The Morgan fingerprint density at radius 1 is 1.53 bits per heavy atom. The average Bonchev–Trinajstić information content (AvgIpc) is 2.12. The van der Waals surface area contributed by atoms with Crippen LogP contribution in [-0.2, 0) is 4.79 Å². The molecule has 1 nitrogen and oxygen atoms in total. The van der Waals surface area contributed by atoms with E-state index in [2.05, 4.69) is 27.4 Å². The molecular formula is C14H22O. The van der Waals surface area contributed by atoms with Crippen molar-refractivity contribution >= 4 is 5.78 Å². The van der Waals surface area contributed by atoms with Crippen LogP contribution in [0.25, 0.3) is 0 Å². The van der Waals surface area contributed by atoms with E-state index in [1.165, 1.54) is 0 Å². The van der Waals surface area contributed by atoms with Gasteiger partial charge in [-0.05, 0) is 37.2 Å². The lowest BCUT2D eigenvalue weighted by Gasteiger charge is -2.43. The predicted octanol–water partition coefficient (Wildman–Crippen LogP) is 3.76. The summed E-state index contributed by atoms with van der Waals surface area (Å²) in [5, 5.41) is 0. The van der Waals surface area contributed by atoms with Crippen molar-refractivity contribution in [1.82, 2.24) is 0 Å². The molecule has 0 aromatic carbocycles. The van der Waals surface area contributed by atoms with E-state index in [1.807, 2.05) is 13.0 Å². The molecule has 15 heavy (non-hydrogen) atoms. The highest BCUT2D eigenvalue weighted by molar-refractivity contribution is 5.94. The molecule has 1 aliphatic carbocycles.